The van der Waals surface area contributed by atoms with E-state index in [0.29, 0.717) is 29.4 Å². The molecule has 1 aromatic heterocycles. The van der Waals surface area contributed by atoms with Crippen LogP contribution in [0.25, 0.3) is 0 Å². The summed E-state index contributed by atoms with van der Waals surface area (Å²) >= 11 is 0. The molecule has 53 heavy (non-hydrogen) atoms. The van der Waals surface area contributed by atoms with Crippen molar-refractivity contribution in [2.45, 2.75) is 64.6 Å². The first-order chi connectivity index (χ1) is 25.8. The summed E-state index contributed by atoms with van der Waals surface area (Å²) in [5.41, 5.74) is 3.96. The number of benzene rings is 3. The van der Waals surface area contributed by atoms with Crippen LogP contribution in [0, 0.1) is 6.92 Å². The minimum absolute atomic E-state index is 0.0245. The van der Waals surface area contributed by atoms with Crippen LogP contribution < -0.4 is 14.8 Å². The van der Waals surface area contributed by atoms with Crippen LogP contribution in [-0.2, 0) is 19.9 Å². The van der Waals surface area contributed by atoms with Crippen LogP contribution >= 0.6 is 0 Å². The zero-order chi connectivity index (χ0) is 38.5. The van der Waals surface area contributed by atoms with Crippen molar-refractivity contribution in [3.63, 3.8) is 0 Å². The second-order valence-electron chi connectivity index (χ2n) is 12.1. The van der Waals surface area contributed by atoms with E-state index in [9.17, 15) is 4.79 Å². The molecule has 4 aromatic rings. The fourth-order valence-corrected chi connectivity index (χ4v) is 5.75. The monoisotopic (exact) mass is 718 g/mol. The molecule has 1 heterocycles. The third-order valence-electron chi connectivity index (χ3n) is 8.65. The molecule has 9 nitrogen and oxygen atoms in total. The Morgan fingerprint density at radius 2 is 1.47 bits per heavy atom. The SMILES string of the molecule is C=C/C=C(\C=C)C(=O)Nc1ncnc(C)c1N=CC.CCCCCCC(COC(c1ccccc1)(c1ccc(OC)cc1)c1ccc(OC)cc1)OC. The summed E-state index contributed by atoms with van der Waals surface area (Å²) in [5.74, 6) is 1.67. The molecule has 1 amide bonds. The van der Waals surface area contributed by atoms with Crippen molar-refractivity contribution in [3.05, 3.63) is 145 Å². The lowest BCUT2D eigenvalue weighted by Crippen LogP contribution is -2.36. The Labute approximate surface area is 315 Å². The zero-order valence-electron chi connectivity index (χ0n) is 32.0. The molecule has 9 heteroatoms. The van der Waals surface area contributed by atoms with E-state index in [1.54, 1.807) is 47.5 Å². The van der Waals surface area contributed by atoms with Crippen molar-refractivity contribution in [3.8, 4) is 11.5 Å². The average molecular weight is 719 g/mol. The maximum atomic E-state index is 12.0. The molecule has 0 saturated heterocycles. The van der Waals surface area contributed by atoms with Gasteiger partial charge in [0.05, 0.1) is 32.6 Å². The molecule has 1 N–H and O–H groups in total. The Morgan fingerprint density at radius 1 is 0.868 bits per heavy atom. The predicted octanol–water partition coefficient (Wildman–Crippen LogP) is 9.74. The van der Waals surface area contributed by atoms with Crippen LogP contribution in [0.2, 0.25) is 0 Å². The number of aliphatic imine (C=N–C) groups is 1. The second-order valence-corrected chi connectivity index (χ2v) is 12.1. The molecule has 0 saturated carbocycles. The van der Waals surface area contributed by atoms with Gasteiger partial charge in [-0.15, -0.1) is 0 Å². The first-order valence-corrected chi connectivity index (χ1v) is 17.9. The second kappa shape index (κ2) is 22.5. The van der Waals surface area contributed by atoms with Gasteiger partial charge in [-0.25, -0.2) is 9.97 Å². The van der Waals surface area contributed by atoms with Crippen LogP contribution in [0.15, 0.2) is 127 Å². The number of nitrogens with zero attached hydrogens (tertiary/aromatic N) is 3. The Hall–Kier alpha value is -5.38. The largest absolute Gasteiger partial charge is 0.497 e. The number of amides is 1. The number of hydrogen-bond acceptors (Lipinski definition) is 8. The van der Waals surface area contributed by atoms with Crippen molar-refractivity contribution in [2.75, 3.05) is 33.3 Å². The predicted molar refractivity (Wildman–Crippen MR) is 216 cm³/mol. The first-order valence-electron chi connectivity index (χ1n) is 17.9. The number of methoxy groups -OCH3 is 3. The van der Waals surface area contributed by atoms with Gasteiger partial charge in [0.15, 0.2) is 5.82 Å². The van der Waals surface area contributed by atoms with E-state index in [2.05, 4.69) is 88.9 Å². The van der Waals surface area contributed by atoms with Gasteiger partial charge in [-0.05, 0) is 61.2 Å². The van der Waals surface area contributed by atoms with E-state index in [4.69, 9.17) is 18.9 Å². The van der Waals surface area contributed by atoms with Gasteiger partial charge in [0, 0.05) is 18.9 Å². The van der Waals surface area contributed by atoms with Crippen LogP contribution in [0.4, 0.5) is 11.5 Å². The van der Waals surface area contributed by atoms with E-state index in [0.717, 1.165) is 41.0 Å². The number of allylic oxidation sites excluding steroid dienone is 2. The molecule has 1 unspecified atom stereocenters. The number of aryl methyl sites for hydroxylation is 1. The number of hydrogen-bond donors (Lipinski definition) is 1. The molecule has 0 aliphatic carbocycles. The lowest BCUT2D eigenvalue weighted by atomic mass is 9.80. The number of unbranched alkanes of at least 4 members (excludes halogenated alkanes) is 3. The molecule has 0 radical (unpaired) electrons. The molecule has 0 bridgehead atoms. The van der Waals surface area contributed by atoms with Gasteiger partial charge in [0.25, 0.3) is 5.91 Å². The average Bonchev–Trinajstić information content (AvgIpc) is 3.20. The van der Waals surface area contributed by atoms with Gasteiger partial charge in [-0.2, -0.15) is 0 Å². The minimum atomic E-state index is -0.806. The normalized spacial score (nSPS) is 12.0. The van der Waals surface area contributed by atoms with Crippen molar-refractivity contribution >= 4 is 23.6 Å². The Kier molecular flexibility index (Phi) is 17.9. The number of carbonyl (C=O) groups excluding carboxylic acids is 1. The van der Waals surface area contributed by atoms with E-state index >= 15 is 0 Å². The standard InChI is InChI=1S/C30H38O4.C14H16N4O/c1-5-6-7-11-14-29(33-4)23-34-30(24-12-9-8-10-13-24,25-15-19-27(31-2)20-16-25)26-17-21-28(32-3)22-18-26;1-5-8-11(6-2)14(19)18-13-12(15-7-3)10(4)16-9-17-13/h8-10,12-13,15-22,29H,5-7,11,14,23H2,1-4H3;5-9H,1-2H2,3-4H3,(H,16,17,18,19)/b;11-8+,15-7?. The maximum absolute atomic E-state index is 12.0. The highest BCUT2D eigenvalue weighted by molar-refractivity contribution is 6.06. The van der Waals surface area contributed by atoms with Crippen molar-refractivity contribution in [2.24, 2.45) is 4.99 Å². The summed E-state index contributed by atoms with van der Waals surface area (Å²) in [6.45, 7) is 13.4. The number of ether oxygens (including phenoxy) is 4. The molecule has 0 spiro atoms. The van der Waals surface area contributed by atoms with Crippen molar-refractivity contribution in [1.82, 2.24) is 9.97 Å². The maximum Gasteiger partial charge on any atom is 0.256 e. The minimum Gasteiger partial charge on any atom is -0.497 e. The third-order valence-corrected chi connectivity index (χ3v) is 8.65. The highest BCUT2D eigenvalue weighted by Crippen LogP contribution is 2.42. The fourth-order valence-electron chi connectivity index (χ4n) is 5.75. The van der Waals surface area contributed by atoms with Gasteiger partial charge in [0.2, 0.25) is 0 Å². The molecule has 1 atom stereocenters. The van der Waals surface area contributed by atoms with Gasteiger partial charge >= 0.3 is 0 Å². The van der Waals surface area contributed by atoms with E-state index in [1.165, 1.54) is 37.7 Å². The topological polar surface area (TPSA) is 104 Å². The molecule has 0 aliphatic heterocycles. The molecule has 4 rings (SSSR count). The fraction of sp³-hybridized carbons (Fsp3) is 0.318. The quantitative estimate of drug-likeness (QED) is 0.0339. The molecule has 0 fully saturated rings. The Morgan fingerprint density at radius 3 is 1.98 bits per heavy atom. The van der Waals surface area contributed by atoms with Crippen molar-refractivity contribution in [1.29, 1.82) is 0 Å². The molecular weight excluding hydrogens is 665 g/mol. The first kappa shape index (κ1) is 42.0. The Bertz CT molecular complexity index is 1720. The summed E-state index contributed by atoms with van der Waals surface area (Å²) in [7, 11) is 5.14. The van der Waals surface area contributed by atoms with Crippen LogP contribution in [-0.4, -0.2) is 56.1 Å². The number of rotatable bonds is 19. The van der Waals surface area contributed by atoms with Crippen LogP contribution in [0.3, 0.4) is 0 Å². The number of nitrogens with one attached hydrogen (secondary N) is 1. The van der Waals surface area contributed by atoms with E-state index in [1.807, 2.05) is 30.3 Å². The van der Waals surface area contributed by atoms with Crippen LogP contribution in [0.1, 0.15) is 68.3 Å². The van der Waals surface area contributed by atoms with Crippen molar-refractivity contribution < 1.29 is 23.7 Å². The van der Waals surface area contributed by atoms with Gasteiger partial charge in [-0.3, -0.25) is 9.79 Å². The summed E-state index contributed by atoms with van der Waals surface area (Å²) in [6.07, 6.45) is 13.4. The zero-order valence-corrected chi connectivity index (χ0v) is 32.0. The highest BCUT2D eigenvalue weighted by Gasteiger charge is 2.38. The molecule has 3 aromatic carbocycles. The summed E-state index contributed by atoms with van der Waals surface area (Å²) < 4.78 is 23.6. The van der Waals surface area contributed by atoms with E-state index in [-0.39, 0.29) is 12.0 Å². The van der Waals surface area contributed by atoms with Gasteiger partial charge in [0.1, 0.15) is 29.1 Å². The van der Waals surface area contributed by atoms with E-state index < -0.39 is 5.60 Å². The summed E-state index contributed by atoms with van der Waals surface area (Å²) in [5, 5.41) is 2.68. The Balaban J connectivity index is 0.000000337. The summed E-state index contributed by atoms with van der Waals surface area (Å²) in [4.78, 5) is 24.2. The highest BCUT2D eigenvalue weighted by atomic mass is 16.5. The number of anilines is 1. The lowest BCUT2D eigenvalue weighted by molar-refractivity contribution is -0.112. The van der Waals surface area contributed by atoms with Gasteiger partial charge in [-0.1, -0.05) is 119 Å². The summed E-state index contributed by atoms with van der Waals surface area (Å²) in [6, 6.07) is 26.7. The van der Waals surface area contributed by atoms with Crippen LogP contribution in [0.5, 0.6) is 11.5 Å². The molecule has 280 valence electrons. The van der Waals surface area contributed by atoms with Gasteiger partial charge < -0.3 is 24.3 Å². The molecule has 0 aliphatic rings. The molecular formula is C44H54N4O5. The lowest BCUT2D eigenvalue weighted by Gasteiger charge is -2.37. The smallest absolute Gasteiger partial charge is 0.256 e. The number of carbonyl (C=O) groups is 1. The number of aromatic nitrogens is 2. The third kappa shape index (κ3) is 11.8.